The lowest BCUT2D eigenvalue weighted by atomic mass is 10.2. The molecule has 3 rings (SSSR count). The summed E-state index contributed by atoms with van der Waals surface area (Å²) in [6.07, 6.45) is 3.71. The molecule has 0 atom stereocenters. The van der Waals surface area contributed by atoms with E-state index < -0.39 is 39.1 Å². The van der Waals surface area contributed by atoms with Crippen LogP contribution >= 0.6 is 22.9 Å². The number of fused-ring (bicyclic) bond motifs is 1. The van der Waals surface area contributed by atoms with Crippen LogP contribution in [0.2, 0.25) is 5.02 Å². The van der Waals surface area contributed by atoms with Gasteiger partial charge in [0, 0.05) is 18.1 Å². The normalized spacial score (nSPS) is 15.6. The number of amides is 2. The van der Waals surface area contributed by atoms with Crippen molar-refractivity contribution < 1.29 is 27.5 Å². The van der Waals surface area contributed by atoms with Crippen LogP contribution in [0.15, 0.2) is 23.2 Å². The number of methoxy groups -OCH3 is 1. The molecule has 1 saturated heterocycles. The van der Waals surface area contributed by atoms with Gasteiger partial charge in [-0.3, -0.25) is 14.4 Å². The largest absolute Gasteiger partial charge is 0.468 e. The quantitative estimate of drug-likeness (QED) is 0.557. The van der Waals surface area contributed by atoms with E-state index in [-0.39, 0.29) is 11.3 Å². The Morgan fingerprint density at radius 2 is 1.81 bits per heavy atom. The van der Waals surface area contributed by atoms with Gasteiger partial charge in [0.05, 0.1) is 17.3 Å². The summed E-state index contributed by atoms with van der Waals surface area (Å²) in [5, 5.41) is 0.469. The highest BCUT2D eigenvalue weighted by Gasteiger charge is 2.25. The molecule has 12 heteroatoms. The van der Waals surface area contributed by atoms with Crippen molar-refractivity contribution in [2.24, 2.45) is 4.99 Å². The molecule has 1 aromatic heterocycles. The van der Waals surface area contributed by atoms with Crippen molar-refractivity contribution >= 4 is 60.8 Å². The molecule has 0 spiro atoms. The number of thiazole rings is 1. The summed E-state index contributed by atoms with van der Waals surface area (Å²) in [5.41, 5.74) is 0.607. The Morgan fingerprint density at radius 1 is 1.12 bits per heavy atom. The van der Waals surface area contributed by atoms with Crippen molar-refractivity contribution in [2.45, 2.75) is 32.2 Å². The van der Waals surface area contributed by atoms with E-state index in [1.807, 2.05) is 0 Å². The van der Waals surface area contributed by atoms with E-state index >= 15 is 0 Å². The number of ether oxygens (including phenoxy) is 1. The summed E-state index contributed by atoms with van der Waals surface area (Å²) < 4.78 is 31.8. The van der Waals surface area contributed by atoms with Gasteiger partial charge in [-0.25, -0.2) is 8.42 Å². The number of aromatic nitrogens is 1. The van der Waals surface area contributed by atoms with E-state index in [0.29, 0.717) is 28.3 Å². The Morgan fingerprint density at radius 3 is 2.47 bits per heavy atom. The first-order chi connectivity index (χ1) is 15.2. The lowest BCUT2D eigenvalue weighted by Gasteiger charge is -2.19. The summed E-state index contributed by atoms with van der Waals surface area (Å²) in [6, 6.07) is 4.97. The maximum Gasteiger partial charge on any atom is 0.325 e. The highest BCUT2D eigenvalue weighted by atomic mass is 35.5. The van der Waals surface area contributed by atoms with Crippen molar-refractivity contribution in [1.29, 1.82) is 0 Å². The zero-order valence-corrected chi connectivity index (χ0v) is 20.0. The lowest BCUT2D eigenvalue weighted by molar-refractivity contribution is -0.141. The van der Waals surface area contributed by atoms with Crippen LogP contribution in [-0.2, 0) is 35.5 Å². The molecule has 9 nitrogen and oxygen atoms in total. The van der Waals surface area contributed by atoms with Crippen molar-refractivity contribution in [3.05, 3.63) is 28.0 Å². The van der Waals surface area contributed by atoms with E-state index in [2.05, 4.69) is 4.99 Å². The standard InChI is InChI=1S/C20H24ClN3O6S2/c1-30-19(27)11-24-15-7-6-14(21)10-16(15)31-20(24)22-17(25)12-32(28,29)13-18(26)23-8-4-2-3-5-9-23/h6-7,10H,2-5,8-9,11-13H2,1H3. The van der Waals surface area contributed by atoms with Crippen LogP contribution in [0.5, 0.6) is 0 Å². The van der Waals surface area contributed by atoms with Gasteiger partial charge >= 0.3 is 5.97 Å². The second-order valence-corrected chi connectivity index (χ2v) is 11.0. The predicted molar refractivity (Wildman–Crippen MR) is 121 cm³/mol. The summed E-state index contributed by atoms with van der Waals surface area (Å²) in [7, 11) is -2.75. The molecule has 2 aromatic rings. The Balaban J connectivity index is 1.81. The maximum absolute atomic E-state index is 12.5. The van der Waals surface area contributed by atoms with Gasteiger partial charge in [-0.1, -0.05) is 35.8 Å². The third-order valence-corrected chi connectivity index (χ3v) is 7.68. The Kier molecular flexibility index (Phi) is 8.07. The van der Waals surface area contributed by atoms with Gasteiger partial charge in [-0.2, -0.15) is 4.99 Å². The minimum Gasteiger partial charge on any atom is -0.468 e. The van der Waals surface area contributed by atoms with Gasteiger partial charge in [0.1, 0.15) is 18.1 Å². The number of likely N-dealkylation sites (tertiary alicyclic amines) is 1. The molecule has 0 bridgehead atoms. The van der Waals surface area contributed by atoms with Gasteiger partial charge < -0.3 is 14.2 Å². The zero-order valence-electron chi connectivity index (χ0n) is 17.6. The first-order valence-electron chi connectivity index (χ1n) is 10.1. The monoisotopic (exact) mass is 501 g/mol. The van der Waals surface area contributed by atoms with E-state index in [1.165, 1.54) is 11.7 Å². The number of benzene rings is 1. The molecule has 0 N–H and O–H groups in total. The second kappa shape index (κ2) is 10.6. The van der Waals surface area contributed by atoms with Crippen molar-refractivity contribution in [3.8, 4) is 0 Å². The third-order valence-electron chi connectivity index (χ3n) is 5.03. The number of carbonyl (C=O) groups is 3. The molecule has 0 saturated carbocycles. The van der Waals surface area contributed by atoms with Crippen LogP contribution < -0.4 is 4.80 Å². The number of halogens is 1. The topological polar surface area (TPSA) is 115 Å². The van der Waals surface area contributed by atoms with Gasteiger partial charge in [-0.15, -0.1) is 0 Å². The Hall–Kier alpha value is -2.24. The Bertz CT molecular complexity index is 1190. The average Bonchev–Trinajstić information content (AvgIpc) is 2.89. The molecular formula is C20H24ClN3O6S2. The molecule has 1 aliphatic rings. The van der Waals surface area contributed by atoms with E-state index in [0.717, 1.165) is 37.0 Å². The summed E-state index contributed by atoms with van der Waals surface area (Å²) in [5.74, 6) is -3.57. The van der Waals surface area contributed by atoms with Crippen LogP contribution in [0, 0.1) is 0 Å². The number of carbonyl (C=O) groups excluding carboxylic acids is 3. The Labute approximate surface area is 194 Å². The van der Waals surface area contributed by atoms with Crippen LogP contribution in [-0.4, -0.2) is 67.4 Å². The van der Waals surface area contributed by atoms with Crippen LogP contribution in [0.1, 0.15) is 25.7 Å². The number of hydrogen-bond donors (Lipinski definition) is 0. The molecular weight excluding hydrogens is 478 g/mol. The van der Waals surface area contributed by atoms with Crippen LogP contribution in [0.3, 0.4) is 0 Å². The minimum atomic E-state index is -3.99. The molecule has 1 aliphatic heterocycles. The molecule has 0 aliphatic carbocycles. The summed E-state index contributed by atoms with van der Waals surface area (Å²) in [4.78, 5) is 42.3. The van der Waals surface area contributed by atoms with Gasteiger partial charge in [0.15, 0.2) is 14.6 Å². The fourth-order valence-electron chi connectivity index (χ4n) is 3.46. The number of hydrogen-bond acceptors (Lipinski definition) is 7. The minimum absolute atomic E-state index is 0.145. The highest BCUT2D eigenvalue weighted by molar-refractivity contribution is 7.92. The number of rotatable bonds is 6. The molecule has 32 heavy (non-hydrogen) atoms. The number of sulfone groups is 1. The molecule has 2 amide bonds. The zero-order chi connectivity index (χ0) is 23.3. The third kappa shape index (κ3) is 6.39. The average molecular weight is 502 g/mol. The van der Waals surface area contributed by atoms with E-state index in [4.69, 9.17) is 16.3 Å². The summed E-state index contributed by atoms with van der Waals surface area (Å²) >= 11 is 7.12. The molecule has 0 unspecified atom stereocenters. The SMILES string of the molecule is COC(=O)Cn1c(=NC(=O)CS(=O)(=O)CC(=O)N2CCCCCC2)sc2cc(Cl)ccc21. The van der Waals surface area contributed by atoms with Gasteiger partial charge in [0.25, 0.3) is 5.91 Å². The van der Waals surface area contributed by atoms with Crippen molar-refractivity contribution in [3.63, 3.8) is 0 Å². The smallest absolute Gasteiger partial charge is 0.325 e. The van der Waals surface area contributed by atoms with E-state index in [9.17, 15) is 22.8 Å². The van der Waals surface area contributed by atoms with Crippen molar-refractivity contribution in [2.75, 3.05) is 31.7 Å². The number of esters is 1. The molecule has 0 radical (unpaired) electrons. The first kappa shape index (κ1) is 24.4. The molecule has 1 fully saturated rings. The van der Waals surface area contributed by atoms with Crippen LogP contribution in [0.25, 0.3) is 10.2 Å². The molecule has 174 valence electrons. The highest BCUT2D eigenvalue weighted by Crippen LogP contribution is 2.22. The van der Waals surface area contributed by atoms with Gasteiger partial charge in [0.2, 0.25) is 5.91 Å². The fraction of sp³-hybridized carbons (Fsp3) is 0.500. The first-order valence-corrected chi connectivity index (χ1v) is 13.1. The molecule has 2 heterocycles. The number of nitrogens with zero attached hydrogens (tertiary/aromatic N) is 3. The van der Waals surface area contributed by atoms with E-state index in [1.54, 1.807) is 23.1 Å². The van der Waals surface area contributed by atoms with Crippen molar-refractivity contribution in [1.82, 2.24) is 9.47 Å². The fourth-order valence-corrected chi connectivity index (χ4v) is 5.88. The maximum atomic E-state index is 12.5. The second-order valence-electron chi connectivity index (χ2n) is 7.49. The summed E-state index contributed by atoms with van der Waals surface area (Å²) in [6.45, 7) is 0.861. The predicted octanol–water partition coefficient (Wildman–Crippen LogP) is 1.77. The lowest BCUT2D eigenvalue weighted by Crippen LogP contribution is -2.37. The van der Waals surface area contributed by atoms with Gasteiger partial charge in [-0.05, 0) is 31.0 Å². The molecule has 1 aromatic carbocycles. The van der Waals surface area contributed by atoms with Crippen LogP contribution in [0.4, 0.5) is 0 Å².